The van der Waals surface area contributed by atoms with Gasteiger partial charge in [0.1, 0.15) is 6.04 Å². The van der Waals surface area contributed by atoms with Gasteiger partial charge in [0.15, 0.2) is 0 Å². The van der Waals surface area contributed by atoms with Crippen LogP contribution in [0.25, 0.3) is 0 Å². The molecule has 1 aromatic rings. The second-order valence-corrected chi connectivity index (χ2v) is 1.98. The Morgan fingerprint density at radius 2 is 2.64 bits per heavy atom. The van der Waals surface area contributed by atoms with Gasteiger partial charge in [0, 0.05) is 0 Å². The van der Waals surface area contributed by atoms with Gasteiger partial charge in [-0.15, -0.1) is 10.2 Å². The fraction of sp³-hybridized carbons (Fsp3) is 0.400. The van der Waals surface area contributed by atoms with Gasteiger partial charge in [-0.2, -0.15) is 0 Å². The summed E-state index contributed by atoms with van der Waals surface area (Å²) < 4.78 is 4.69. The van der Waals surface area contributed by atoms with Crippen molar-refractivity contribution in [2.24, 2.45) is 5.73 Å². The molecule has 0 saturated heterocycles. The van der Waals surface area contributed by atoms with E-state index in [4.69, 9.17) is 10.8 Å². The van der Waals surface area contributed by atoms with Crippen molar-refractivity contribution >= 4 is 5.97 Å². The van der Waals surface area contributed by atoms with Crippen LogP contribution in [0.5, 0.6) is 0 Å². The molecule has 0 fully saturated rings. The third-order valence-electron chi connectivity index (χ3n) is 1.12. The molecule has 0 unspecified atom stereocenters. The summed E-state index contributed by atoms with van der Waals surface area (Å²) in [6.07, 6.45) is 1.19. The van der Waals surface area contributed by atoms with E-state index >= 15 is 0 Å². The van der Waals surface area contributed by atoms with Crippen molar-refractivity contribution in [2.45, 2.75) is 12.5 Å². The highest BCUT2D eigenvalue weighted by atomic mass is 16.4. The predicted octanol–water partition coefficient (Wildman–Crippen LogP) is -0.976. The lowest BCUT2D eigenvalue weighted by Gasteiger charge is -1.99. The van der Waals surface area contributed by atoms with Gasteiger partial charge >= 0.3 is 5.97 Å². The van der Waals surface area contributed by atoms with Crippen LogP contribution in [0.15, 0.2) is 10.8 Å². The van der Waals surface area contributed by atoms with Crippen molar-refractivity contribution in [1.82, 2.24) is 10.2 Å². The molecule has 0 amide bonds. The smallest absolute Gasteiger partial charge is 0.321 e. The monoisotopic (exact) mass is 157 g/mol. The molecule has 0 radical (unpaired) electrons. The number of hydrogen-bond acceptors (Lipinski definition) is 5. The Hall–Kier alpha value is -1.43. The normalized spacial score (nSPS) is 12.8. The maximum Gasteiger partial charge on any atom is 0.321 e. The number of rotatable bonds is 3. The second kappa shape index (κ2) is 3.11. The number of nitrogens with zero attached hydrogens (tertiary/aromatic N) is 2. The first-order chi connectivity index (χ1) is 5.20. The summed E-state index contributed by atoms with van der Waals surface area (Å²) >= 11 is 0. The molecule has 1 rings (SSSR count). The molecule has 0 saturated carbocycles. The lowest BCUT2D eigenvalue weighted by Crippen LogP contribution is -2.32. The fourth-order valence-corrected chi connectivity index (χ4v) is 0.560. The van der Waals surface area contributed by atoms with Crippen molar-refractivity contribution in [2.75, 3.05) is 0 Å². The van der Waals surface area contributed by atoms with Crippen LogP contribution >= 0.6 is 0 Å². The molecule has 11 heavy (non-hydrogen) atoms. The fourth-order valence-electron chi connectivity index (χ4n) is 0.560. The van der Waals surface area contributed by atoms with E-state index in [1.807, 2.05) is 0 Å². The zero-order valence-electron chi connectivity index (χ0n) is 5.60. The summed E-state index contributed by atoms with van der Waals surface area (Å²) in [5, 5.41) is 15.2. The average molecular weight is 157 g/mol. The molecular weight excluding hydrogens is 150 g/mol. The quantitative estimate of drug-likeness (QED) is 0.584. The van der Waals surface area contributed by atoms with Crippen LogP contribution in [-0.4, -0.2) is 27.3 Å². The molecule has 6 nitrogen and oxygen atoms in total. The average Bonchev–Trinajstić information content (AvgIpc) is 2.39. The van der Waals surface area contributed by atoms with Crippen LogP contribution in [0.3, 0.4) is 0 Å². The third-order valence-corrected chi connectivity index (χ3v) is 1.12. The van der Waals surface area contributed by atoms with Gasteiger partial charge in [-0.1, -0.05) is 0 Å². The Labute approximate surface area is 62.0 Å². The summed E-state index contributed by atoms with van der Waals surface area (Å²) in [7, 11) is 0. The van der Waals surface area contributed by atoms with Crippen molar-refractivity contribution in [3.63, 3.8) is 0 Å². The van der Waals surface area contributed by atoms with Crippen molar-refractivity contribution < 1.29 is 14.3 Å². The number of carboxylic acids is 1. The molecule has 1 aromatic heterocycles. The van der Waals surface area contributed by atoms with Crippen LogP contribution in [0.2, 0.25) is 0 Å². The minimum Gasteiger partial charge on any atom is -0.480 e. The lowest BCUT2D eigenvalue weighted by atomic mass is 10.2. The number of carboxylic acid groups (broad SMARTS) is 1. The molecule has 0 aliphatic carbocycles. The minimum atomic E-state index is -1.08. The van der Waals surface area contributed by atoms with E-state index < -0.39 is 12.0 Å². The van der Waals surface area contributed by atoms with Crippen LogP contribution in [0.4, 0.5) is 0 Å². The van der Waals surface area contributed by atoms with Crippen LogP contribution < -0.4 is 5.73 Å². The van der Waals surface area contributed by atoms with Crippen molar-refractivity contribution in [3.8, 4) is 0 Å². The molecule has 0 aromatic carbocycles. The number of nitrogens with two attached hydrogens (primary N) is 1. The van der Waals surface area contributed by atoms with E-state index in [0.717, 1.165) is 6.39 Å². The molecule has 1 atom stereocenters. The standard InChI is InChI=1S/C5H7N3O3/c6-3(5(9)10)1-4-8-7-2-11-4/h2-3H,1,6H2,(H,9,10)/t3-/m0/s1. The summed E-state index contributed by atoms with van der Waals surface area (Å²) in [5.74, 6) is -0.844. The highest BCUT2D eigenvalue weighted by molar-refractivity contribution is 5.73. The molecule has 60 valence electrons. The highest BCUT2D eigenvalue weighted by Crippen LogP contribution is 1.95. The van der Waals surface area contributed by atoms with Gasteiger partial charge in [-0.05, 0) is 0 Å². The maximum atomic E-state index is 10.2. The SMILES string of the molecule is N[C@@H](Cc1nnco1)C(=O)O. The van der Waals surface area contributed by atoms with E-state index in [2.05, 4.69) is 14.6 Å². The molecule has 3 N–H and O–H groups in total. The molecule has 0 spiro atoms. The zero-order valence-corrected chi connectivity index (χ0v) is 5.60. The molecule has 0 aliphatic heterocycles. The molecule has 6 heteroatoms. The summed E-state index contributed by atoms with van der Waals surface area (Å²) in [4.78, 5) is 10.2. The summed E-state index contributed by atoms with van der Waals surface area (Å²) in [6, 6.07) is -0.976. The van der Waals surface area contributed by atoms with Gasteiger partial charge in [-0.25, -0.2) is 0 Å². The van der Waals surface area contributed by atoms with Gasteiger partial charge in [0.25, 0.3) is 0 Å². The lowest BCUT2D eigenvalue weighted by molar-refractivity contribution is -0.138. The van der Waals surface area contributed by atoms with E-state index in [-0.39, 0.29) is 12.3 Å². The number of aliphatic carboxylic acids is 1. The van der Waals surface area contributed by atoms with Gasteiger partial charge < -0.3 is 15.3 Å². The van der Waals surface area contributed by atoms with E-state index in [1.54, 1.807) is 0 Å². The predicted molar refractivity (Wildman–Crippen MR) is 33.6 cm³/mol. The Morgan fingerprint density at radius 1 is 1.91 bits per heavy atom. The van der Waals surface area contributed by atoms with Gasteiger partial charge in [0.2, 0.25) is 12.3 Å². The first-order valence-electron chi connectivity index (χ1n) is 2.93. The van der Waals surface area contributed by atoms with Crippen LogP contribution in [-0.2, 0) is 11.2 Å². The first kappa shape index (κ1) is 7.67. The molecule has 0 aliphatic rings. The van der Waals surface area contributed by atoms with Gasteiger partial charge in [-0.3, -0.25) is 4.79 Å². The van der Waals surface area contributed by atoms with Crippen molar-refractivity contribution in [1.29, 1.82) is 0 Å². The van der Waals surface area contributed by atoms with E-state index in [0.29, 0.717) is 0 Å². The van der Waals surface area contributed by atoms with E-state index in [9.17, 15) is 4.79 Å². The Balaban J connectivity index is 2.50. The highest BCUT2D eigenvalue weighted by Gasteiger charge is 2.14. The maximum absolute atomic E-state index is 10.2. The molecule has 0 bridgehead atoms. The topological polar surface area (TPSA) is 102 Å². The molecule has 1 heterocycles. The van der Waals surface area contributed by atoms with Crippen LogP contribution in [0.1, 0.15) is 5.89 Å². The van der Waals surface area contributed by atoms with E-state index in [1.165, 1.54) is 0 Å². The van der Waals surface area contributed by atoms with Gasteiger partial charge in [0.05, 0.1) is 6.42 Å². The summed E-state index contributed by atoms with van der Waals surface area (Å²) in [5.41, 5.74) is 5.18. The zero-order chi connectivity index (χ0) is 8.27. The largest absolute Gasteiger partial charge is 0.480 e. The Morgan fingerprint density at radius 3 is 3.09 bits per heavy atom. The minimum absolute atomic E-state index is 0.0648. The second-order valence-electron chi connectivity index (χ2n) is 1.98. The van der Waals surface area contributed by atoms with Crippen LogP contribution in [0, 0.1) is 0 Å². The summed E-state index contributed by atoms with van der Waals surface area (Å²) in [6.45, 7) is 0. The van der Waals surface area contributed by atoms with Crippen molar-refractivity contribution in [3.05, 3.63) is 12.3 Å². The first-order valence-corrected chi connectivity index (χ1v) is 2.93. The Bertz CT molecular complexity index is 233. The Kier molecular flexibility index (Phi) is 2.17. The number of carbonyl (C=O) groups is 1. The third kappa shape index (κ3) is 2.01. The number of aromatic nitrogens is 2. The number of hydrogen-bond donors (Lipinski definition) is 2. The molecular formula is C5H7N3O3.